The van der Waals surface area contributed by atoms with Gasteiger partial charge in [0, 0.05) is 0 Å². The van der Waals surface area contributed by atoms with Crippen LogP contribution < -0.4 is 9.74 Å². The monoisotopic (exact) mass is 444 g/mol. The number of rotatable bonds is 4. The van der Waals surface area contributed by atoms with Gasteiger partial charge in [0.1, 0.15) is 16.1 Å². The maximum atomic E-state index is 13.2. The second kappa shape index (κ2) is 6.75. The molecule has 0 spiro atoms. The molecule has 0 N–H and O–H groups in total. The van der Waals surface area contributed by atoms with E-state index >= 15 is 0 Å². The fourth-order valence-corrected chi connectivity index (χ4v) is 2.74. The number of aryl methyl sites for hydroxylation is 1. The summed E-state index contributed by atoms with van der Waals surface area (Å²) in [7, 11) is -5.97. The predicted octanol–water partition coefficient (Wildman–Crippen LogP) is 2.73. The van der Waals surface area contributed by atoms with Crippen LogP contribution in [-0.2, 0) is 16.7 Å². The van der Waals surface area contributed by atoms with E-state index in [1.807, 2.05) is 0 Å². The van der Waals surface area contributed by atoms with Crippen LogP contribution in [0.4, 0.5) is 17.6 Å². The first-order chi connectivity index (χ1) is 11.4. The van der Waals surface area contributed by atoms with Crippen molar-refractivity contribution in [3.8, 4) is 5.88 Å². The molecule has 0 amide bonds. The average molecular weight is 445 g/mol. The first-order valence-electron chi connectivity index (χ1n) is 6.44. The summed E-state index contributed by atoms with van der Waals surface area (Å²) in [5, 5.41) is 0. The molecule has 2 rings (SSSR count). The van der Waals surface area contributed by atoms with Crippen LogP contribution in [0.1, 0.15) is 11.4 Å². The van der Waals surface area contributed by atoms with Crippen LogP contribution in [0.5, 0.6) is 5.88 Å². The molecular weight excluding hydrogens is 436 g/mol. The lowest BCUT2D eigenvalue weighted by Gasteiger charge is -2.14. The zero-order valence-corrected chi connectivity index (χ0v) is 14.7. The minimum Gasteiger partial charge on any atom is -0.354 e. The Bertz CT molecular complexity index is 973. The molecule has 1 aromatic heterocycles. The topological polar surface area (TPSA) is 78.3 Å². The van der Waals surface area contributed by atoms with Gasteiger partial charge in [-0.2, -0.15) is 26.6 Å². The summed E-state index contributed by atoms with van der Waals surface area (Å²) in [5.41, 5.74) is -6.15. The van der Waals surface area contributed by atoms with Crippen molar-refractivity contribution < 1.29 is 30.2 Å². The van der Waals surface area contributed by atoms with Gasteiger partial charge in [-0.15, -0.1) is 0 Å². The van der Waals surface area contributed by atoms with Gasteiger partial charge in [-0.1, -0.05) is 12.1 Å². The number of benzene rings is 1. The molecule has 12 heteroatoms. The molecule has 0 unspecified atom stereocenters. The lowest BCUT2D eigenvalue weighted by Crippen LogP contribution is -2.31. The lowest BCUT2D eigenvalue weighted by atomic mass is 10.2. The normalized spacial score (nSPS) is 12.2. The van der Waals surface area contributed by atoms with E-state index in [4.69, 9.17) is 0 Å². The minimum absolute atomic E-state index is 0.121. The van der Waals surface area contributed by atoms with E-state index in [2.05, 4.69) is 25.1 Å². The molecule has 0 aliphatic heterocycles. The number of hydrogen-bond acceptors (Lipinski definition) is 5. The number of aromatic nitrogens is 2. The van der Waals surface area contributed by atoms with Crippen molar-refractivity contribution in [2.45, 2.75) is 19.0 Å². The Morgan fingerprint density at radius 3 is 2.52 bits per heavy atom. The van der Waals surface area contributed by atoms with Gasteiger partial charge in [0.25, 0.3) is 11.4 Å². The molecule has 25 heavy (non-hydrogen) atoms. The number of nitrogens with zero attached hydrogens (tertiary/aromatic N) is 2. The van der Waals surface area contributed by atoms with Gasteiger partial charge in [-0.3, -0.25) is 9.36 Å². The molecule has 0 bridgehead atoms. The highest BCUT2D eigenvalue weighted by Crippen LogP contribution is 2.28. The molecule has 0 radical (unpaired) electrons. The van der Waals surface area contributed by atoms with Gasteiger partial charge >= 0.3 is 15.6 Å². The third kappa shape index (κ3) is 4.18. The quantitative estimate of drug-likeness (QED) is 0.411. The molecule has 1 aromatic carbocycles. The van der Waals surface area contributed by atoms with Crippen molar-refractivity contribution in [3.63, 3.8) is 0 Å². The zero-order chi connectivity index (χ0) is 19.0. The lowest BCUT2D eigenvalue weighted by molar-refractivity contribution is -0.0501. The Hall–Kier alpha value is -1.95. The largest absolute Gasteiger partial charge is 0.534 e. The predicted molar refractivity (Wildman–Crippen MR) is 82.0 cm³/mol. The Morgan fingerprint density at radius 1 is 1.32 bits per heavy atom. The summed E-state index contributed by atoms with van der Waals surface area (Å²) in [5.74, 6) is -1.69. The van der Waals surface area contributed by atoms with Crippen LogP contribution in [0.15, 0.2) is 33.5 Å². The van der Waals surface area contributed by atoms with Crippen LogP contribution in [0.2, 0.25) is 0 Å². The van der Waals surface area contributed by atoms with E-state index in [0.29, 0.717) is 5.56 Å². The van der Waals surface area contributed by atoms with E-state index in [1.54, 1.807) is 0 Å². The smallest absolute Gasteiger partial charge is 0.354 e. The second-order valence-corrected chi connectivity index (χ2v) is 7.11. The highest BCUT2D eigenvalue weighted by Gasteiger charge is 2.49. The van der Waals surface area contributed by atoms with Gasteiger partial charge in [0.05, 0.1) is 6.54 Å². The Labute approximate surface area is 147 Å². The van der Waals surface area contributed by atoms with Crippen molar-refractivity contribution in [1.29, 1.82) is 0 Å². The van der Waals surface area contributed by atoms with Crippen LogP contribution >= 0.6 is 15.9 Å². The van der Waals surface area contributed by atoms with Crippen LogP contribution in [0.25, 0.3) is 0 Å². The fourth-order valence-electron chi connectivity index (χ4n) is 1.82. The molecule has 0 saturated heterocycles. The third-order valence-corrected chi connectivity index (χ3v) is 4.60. The van der Waals surface area contributed by atoms with Crippen molar-refractivity contribution >= 4 is 26.0 Å². The van der Waals surface area contributed by atoms with Crippen LogP contribution in [0.3, 0.4) is 0 Å². The van der Waals surface area contributed by atoms with Crippen molar-refractivity contribution in [3.05, 3.63) is 56.3 Å². The number of halogens is 5. The van der Waals surface area contributed by atoms with E-state index in [1.165, 1.54) is 25.1 Å². The molecular formula is C13H9BrF4N2O4S. The first-order valence-corrected chi connectivity index (χ1v) is 8.64. The molecule has 1 heterocycles. The maximum Gasteiger partial charge on any atom is 0.534 e. The Kier molecular flexibility index (Phi) is 5.23. The highest BCUT2D eigenvalue weighted by atomic mass is 79.9. The third-order valence-electron chi connectivity index (χ3n) is 2.98. The van der Waals surface area contributed by atoms with Crippen molar-refractivity contribution in [2.75, 3.05) is 0 Å². The SMILES string of the molecule is Cc1nc(OS(=O)(=O)C(F)(F)F)c(Br)c(=O)n1Cc1cccc(F)c1. The highest BCUT2D eigenvalue weighted by molar-refractivity contribution is 9.10. The second-order valence-electron chi connectivity index (χ2n) is 4.78. The van der Waals surface area contributed by atoms with E-state index < -0.39 is 37.4 Å². The van der Waals surface area contributed by atoms with Crippen molar-refractivity contribution in [2.24, 2.45) is 0 Å². The summed E-state index contributed by atoms with van der Waals surface area (Å²) in [4.78, 5) is 15.8. The molecule has 2 aromatic rings. The summed E-state index contributed by atoms with van der Waals surface area (Å²) >= 11 is 2.69. The minimum atomic E-state index is -5.97. The molecule has 0 saturated carbocycles. The van der Waals surface area contributed by atoms with Gasteiger partial charge in [-0.05, 0) is 40.5 Å². The summed E-state index contributed by atoms with van der Waals surface area (Å²) in [6.07, 6.45) is 0. The van der Waals surface area contributed by atoms with Crippen molar-refractivity contribution in [1.82, 2.24) is 9.55 Å². The Morgan fingerprint density at radius 2 is 1.96 bits per heavy atom. The van der Waals surface area contributed by atoms with E-state index in [0.717, 1.165) is 10.6 Å². The molecule has 0 aliphatic carbocycles. The summed E-state index contributed by atoms with van der Waals surface area (Å²) in [6.45, 7) is 1.14. The van der Waals surface area contributed by atoms with Gasteiger partial charge in [0.15, 0.2) is 0 Å². The first kappa shape index (κ1) is 19.4. The molecule has 0 atom stereocenters. The molecule has 6 nitrogen and oxygen atoms in total. The number of alkyl halides is 3. The summed E-state index contributed by atoms with van der Waals surface area (Å²) in [6, 6.07) is 5.31. The van der Waals surface area contributed by atoms with Gasteiger partial charge in [-0.25, -0.2) is 4.39 Å². The zero-order valence-electron chi connectivity index (χ0n) is 12.3. The molecule has 0 aliphatic rings. The molecule has 136 valence electrons. The van der Waals surface area contributed by atoms with E-state index in [9.17, 15) is 30.8 Å². The number of hydrogen-bond donors (Lipinski definition) is 0. The maximum absolute atomic E-state index is 13.2. The van der Waals surface area contributed by atoms with E-state index in [-0.39, 0.29) is 12.4 Å². The summed E-state index contributed by atoms with van der Waals surface area (Å²) < 4.78 is 76.8. The van der Waals surface area contributed by atoms with Crippen LogP contribution in [-0.4, -0.2) is 23.5 Å². The average Bonchev–Trinajstić information content (AvgIpc) is 2.48. The van der Waals surface area contributed by atoms with Gasteiger partial charge in [0.2, 0.25) is 0 Å². The fraction of sp³-hybridized carbons (Fsp3) is 0.231. The standard InChI is InChI=1S/C13H9BrF4N2O4S/c1-7-19-11(24-25(22,23)13(16,17)18)10(14)12(21)20(7)6-8-3-2-4-9(15)5-8/h2-5H,6H2,1H3. The van der Waals surface area contributed by atoms with Gasteiger partial charge < -0.3 is 4.18 Å². The Balaban J connectivity index is 2.45. The molecule has 0 fully saturated rings. The van der Waals surface area contributed by atoms with Crippen LogP contribution in [0, 0.1) is 12.7 Å².